The van der Waals surface area contributed by atoms with E-state index in [-0.39, 0.29) is 12.0 Å². The average molecular weight is 262 g/mol. The Bertz CT molecular complexity index is 383. The highest BCUT2D eigenvalue weighted by molar-refractivity contribution is 5.98. The summed E-state index contributed by atoms with van der Waals surface area (Å²) < 4.78 is 44.9. The van der Waals surface area contributed by atoms with Gasteiger partial charge in [-0.15, -0.1) is 0 Å². The fraction of sp³-hybridized carbons (Fsp3) is 0.500. The average Bonchev–Trinajstić information content (AvgIpc) is 2.33. The van der Waals surface area contributed by atoms with E-state index in [1.165, 1.54) is 0 Å². The van der Waals surface area contributed by atoms with Gasteiger partial charge < -0.3 is 4.43 Å². The van der Waals surface area contributed by atoms with Gasteiger partial charge in [0.2, 0.25) is 0 Å². The van der Waals surface area contributed by atoms with Gasteiger partial charge in [0.05, 0.1) is 5.60 Å². The molecule has 5 heteroatoms. The number of rotatable bonds is 5. The Balaban J connectivity index is 3.05. The SMILES string of the molecule is CCC(CC)(Cc1cc(F)c(F)cc1F)O[SiH3]. The molecule has 0 saturated heterocycles. The van der Waals surface area contributed by atoms with Gasteiger partial charge in [0.25, 0.3) is 0 Å². The summed E-state index contributed by atoms with van der Waals surface area (Å²) >= 11 is 0. The molecule has 0 heterocycles. The number of hydrogen-bond acceptors (Lipinski definition) is 1. The lowest BCUT2D eigenvalue weighted by Gasteiger charge is -2.31. The first-order chi connectivity index (χ1) is 7.98. The van der Waals surface area contributed by atoms with E-state index >= 15 is 0 Å². The summed E-state index contributed by atoms with van der Waals surface area (Å²) in [6, 6.07) is 1.51. The van der Waals surface area contributed by atoms with Gasteiger partial charge in [-0.25, -0.2) is 13.2 Å². The molecule has 0 aromatic heterocycles. The van der Waals surface area contributed by atoms with Crippen LogP contribution in [0.1, 0.15) is 32.3 Å². The molecule has 1 aromatic rings. The lowest BCUT2D eigenvalue weighted by Crippen LogP contribution is -2.33. The fourth-order valence-electron chi connectivity index (χ4n) is 1.91. The van der Waals surface area contributed by atoms with E-state index in [0.717, 1.165) is 6.07 Å². The molecular weight excluding hydrogens is 245 g/mol. The third kappa shape index (κ3) is 3.10. The Morgan fingerprint density at radius 1 is 1.06 bits per heavy atom. The summed E-state index contributed by atoms with van der Waals surface area (Å²) in [7, 11) is 0.530. The Morgan fingerprint density at radius 3 is 2.06 bits per heavy atom. The Morgan fingerprint density at radius 2 is 1.59 bits per heavy atom. The van der Waals surface area contributed by atoms with Crippen LogP contribution in [-0.4, -0.2) is 16.1 Å². The van der Waals surface area contributed by atoms with Gasteiger partial charge in [-0.1, -0.05) is 13.8 Å². The predicted octanol–water partition coefficient (Wildman–Crippen LogP) is 2.50. The second kappa shape index (κ2) is 5.69. The molecule has 0 amide bonds. The first-order valence-corrected chi connectivity index (χ1v) is 6.48. The van der Waals surface area contributed by atoms with E-state index in [9.17, 15) is 13.2 Å². The van der Waals surface area contributed by atoms with Crippen LogP contribution in [0.15, 0.2) is 12.1 Å². The molecule has 0 bridgehead atoms. The zero-order valence-corrected chi connectivity index (χ0v) is 12.3. The van der Waals surface area contributed by atoms with Gasteiger partial charge in [-0.05, 0) is 24.5 Å². The molecule has 1 rings (SSSR count). The highest BCUT2D eigenvalue weighted by Crippen LogP contribution is 2.26. The number of benzene rings is 1. The lowest BCUT2D eigenvalue weighted by molar-refractivity contribution is 0.0702. The monoisotopic (exact) mass is 262 g/mol. The van der Waals surface area contributed by atoms with Gasteiger partial charge in [0.1, 0.15) is 16.3 Å². The minimum atomic E-state index is -1.16. The van der Waals surface area contributed by atoms with E-state index in [1.807, 2.05) is 13.8 Å². The van der Waals surface area contributed by atoms with Crippen LogP contribution in [0, 0.1) is 17.5 Å². The van der Waals surface area contributed by atoms with Gasteiger partial charge in [-0.3, -0.25) is 0 Å². The Kier molecular flexibility index (Phi) is 4.77. The van der Waals surface area contributed by atoms with E-state index in [4.69, 9.17) is 4.43 Å². The molecule has 1 aromatic carbocycles. The molecule has 0 unspecified atom stereocenters. The Labute approximate surface area is 103 Å². The highest BCUT2D eigenvalue weighted by Gasteiger charge is 2.27. The topological polar surface area (TPSA) is 9.23 Å². The van der Waals surface area contributed by atoms with E-state index < -0.39 is 23.1 Å². The maximum Gasteiger partial charge on any atom is 0.161 e. The van der Waals surface area contributed by atoms with Gasteiger partial charge in [0, 0.05) is 12.5 Å². The summed E-state index contributed by atoms with van der Waals surface area (Å²) in [4.78, 5) is 0. The molecular formula is C12H17F3OSi. The van der Waals surface area contributed by atoms with Gasteiger partial charge in [-0.2, -0.15) is 0 Å². The zero-order valence-electron chi connectivity index (χ0n) is 10.3. The zero-order chi connectivity index (χ0) is 13.1. The van der Waals surface area contributed by atoms with Crippen LogP contribution >= 0.6 is 0 Å². The molecule has 0 saturated carbocycles. The molecule has 1 nitrogen and oxygen atoms in total. The highest BCUT2D eigenvalue weighted by atomic mass is 28.2. The summed E-state index contributed by atoms with van der Waals surface area (Å²) in [5.74, 6) is -2.89. The minimum absolute atomic E-state index is 0.170. The van der Waals surface area contributed by atoms with Crippen molar-refractivity contribution < 1.29 is 17.6 Å². The summed E-state index contributed by atoms with van der Waals surface area (Å²) in [6.07, 6.45) is 1.70. The molecule has 0 aliphatic rings. The fourth-order valence-corrected chi connectivity index (χ4v) is 2.63. The number of halogens is 3. The van der Waals surface area contributed by atoms with Crippen molar-refractivity contribution in [2.45, 2.75) is 38.7 Å². The van der Waals surface area contributed by atoms with Gasteiger partial charge >= 0.3 is 0 Å². The van der Waals surface area contributed by atoms with Gasteiger partial charge in [0.15, 0.2) is 11.6 Å². The predicted molar refractivity (Wildman–Crippen MR) is 64.4 cm³/mol. The van der Waals surface area contributed by atoms with E-state index in [0.29, 0.717) is 29.4 Å². The summed E-state index contributed by atoms with van der Waals surface area (Å²) in [5, 5.41) is 0. The van der Waals surface area contributed by atoms with Crippen LogP contribution in [-0.2, 0) is 10.8 Å². The van der Waals surface area contributed by atoms with Crippen molar-refractivity contribution in [2.24, 2.45) is 0 Å². The quantitative estimate of drug-likeness (QED) is 0.585. The largest absolute Gasteiger partial charge is 0.422 e. The molecule has 0 spiro atoms. The summed E-state index contributed by atoms with van der Waals surface area (Å²) in [5.41, 5.74) is -0.291. The molecule has 17 heavy (non-hydrogen) atoms. The van der Waals surface area contributed by atoms with Crippen LogP contribution in [0.25, 0.3) is 0 Å². The van der Waals surface area contributed by atoms with Crippen LogP contribution in [0.4, 0.5) is 13.2 Å². The normalized spacial score (nSPS) is 12.1. The maximum atomic E-state index is 13.5. The van der Waals surface area contributed by atoms with Crippen LogP contribution in [0.3, 0.4) is 0 Å². The molecule has 0 atom stereocenters. The van der Waals surface area contributed by atoms with Crippen LogP contribution in [0.2, 0.25) is 0 Å². The molecule has 96 valence electrons. The molecule has 0 fully saturated rings. The minimum Gasteiger partial charge on any atom is -0.422 e. The molecule has 0 aliphatic heterocycles. The lowest BCUT2D eigenvalue weighted by atomic mass is 9.89. The summed E-state index contributed by atoms with van der Waals surface area (Å²) in [6.45, 7) is 3.89. The second-order valence-corrected chi connectivity index (χ2v) is 4.54. The second-order valence-electron chi connectivity index (χ2n) is 4.13. The third-order valence-corrected chi connectivity index (χ3v) is 4.19. The maximum absolute atomic E-state index is 13.5. The first kappa shape index (κ1) is 14.2. The van der Waals surface area contributed by atoms with Crippen molar-refractivity contribution in [1.82, 2.24) is 0 Å². The van der Waals surface area contributed by atoms with Crippen LogP contribution in [0.5, 0.6) is 0 Å². The first-order valence-electron chi connectivity index (χ1n) is 5.66. The standard InChI is InChI=1S/C12H17F3OSi/c1-3-12(4-2,16-17)7-8-5-10(14)11(15)6-9(8)13/h5-6H,3-4,7H2,1-2,17H3. The van der Waals surface area contributed by atoms with Crippen molar-refractivity contribution in [3.8, 4) is 0 Å². The molecule has 0 aliphatic carbocycles. The van der Waals surface area contributed by atoms with Crippen molar-refractivity contribution in [1.29, 1.82) is 0 Å². The van der Waals surface area contributed by atoms with E-state index in [2.05, 4.69) is 0 Å². The van der Waals surface area contributed by atoms with E-state index in [1.54, 1.807) is 0 Å². The van der Waals surface area contributed by atoms with Crippen molar-refractivity contribution in [3.05, 3.63) is 35.1 Å². The smallest absolute Gasteiger partial charge is 0.161 e. The molecule has 0 N–H and O–H groups in total. The van der Waals surface area contributed by atoms with Crippen molar-refractivity contribution >= 4 is 10.5 Å². The van der Waals surface area contributed by atoms with Crippen LogP contribution < -0.4 is 0 Å². The van der Waals surface area contributed by atoms with Crippen molar-refractivity contribution in [3.63, 3.8) is 0 Å². The number of hydrogen-bond donors (Lipinski definition) is 0. The van der Waals surface area contributed by atoms with Crippen molar-refractivity contribution in [2.75, 3.05) is 0 Å². The molecule has 0 radical (unpaired) electrons. The third-order valence-electron chi connectivity index (χ3n) is 3.32. The Hall–Kier alpha value is -0.813.